The van der Waals surface area contributed by atoms with Gasteiger partial charge in [0.05, 0.1) is 13.2 Å². The summed E-state index contributed by atoms with van der Waals surface area (Å²) in [5.74, 6) is -0.367. The van der Waals surface area contributed by atoms with Gasteiger partial charge >= 0.3 is 12.1 Å². The normalized spacial score (nSPS) is 14.9. The fourth-order valence-electron chi connectivity index (χ4n) is 1.89. The molecule has 0 saturated carbocycles. The molecule has 1 saturated heterocycles. The molecule has 2 rings (SSSR count). The van der Waals surface area contributed by atoms with Crippen LogP contribution >= 0.6 is 0 Å². The van der Waals surface area contributed by atoms with Crippen LogP contribution in [0.3, 0.4) is 0 Å². The number of carbonyl (C=O) groups is 2. The van der Waals surface area contributed by atoms with E-state index in [9.17, 15) is 9.59 Å². The summed E-state index contributed by atoms with van der Waals surface area (Å²) in [4.78, 5) is 23.9. The predicted octanol–water partition coefficient (Wildman–Crippen LogP) is 1.53. The first-order chi connectivity index (χ1) is 9.65. The van der Waals surface area contributed by atoms with Crippen molar-refractivity contribution in [3.05, 3.63) is 29.8 Å². The molecule has 1 heterocycles. The minimum absolute atomic E-state index is 0.0902. The number of aryl methyl sites for hydroxylation is 1. The third-order valence-corrected chi connectivity index (χ3v) is 3.03. The summed E-state index contributed by atoms with van der Waals surface area (Å²) in [5.41, 5.74) is 0.901. The number of aliphatic carboxylic acids is 1. The second-order valence-corrected chi connectivity index (χ2v) is 4.51. The third kappa shape index (κ3) is 4.24. The smallest absolute Gasteiger partial charge is 0.415 e. The first-order valence-corrected chi connectivity index (χ1v) is 6.50. The van der Waals surface area contributed by atoms with Gasteiger partial charge in [0, 0.05) is 19.5 Å². The zero-order valence-corrected chi connectivity index (χ0v) is 11.1. The van der Waals surface area contributed by atoms with E-state index in [-0.39, 0.29) is 12.5 Å². The Morgan fingerprint density at radius 3 is 2.45 bits per heavy atom. The van der Waals surface area contributed by atoms with E-state index in [1.54, 1.807) is 29.2 Å². The molecule has 0 aromatic heterocycles. The monoisotopic (exact) mass is 279 g/mol. The molecule has 1 aliphatic rings. The van der Waals surface area contributed by atoms with Crippen molar-refractivity contribution in [1.82, 2.24) is 4.90 Å². The Kier molecular flexibility index (Phi) is 4.95. The van der Waals surface area contributed by atoms with Gasteiger partial charge in [0.2, 0.25) is 0 Å². The van der Waals surface area contributed by atoms with Gasteiger partial charge in [-0.2, -0.15) is 0 Å². The van der Waals surface area contributed by atoms with Gasteiger partial charge in [0.15, 0.2) is 0 Å². The quantitative estimate of drug-likeness (QED) is 0.904. The van der Waals surface area contributed by atoms with Crippen LogP contribution in [-0.4, -0.2) is 48.4 Å². The van der Waals surface area contributed by atoms with Crippen molar-refractivity contribution in [3.8, 4) is 5.75 Å². The van der Waals surface area contributed by atoms with Crippen molar-refractivity contribution in [2.24, 2.45) is 0 Å². The third-order valence-electron chi connectivity index (χ3n) is 3.03. The predicted molar refractivity (Wildman–Crippen MR) is 70.8 cm³/mol. The van der Waals surface area contributed by atoms with Crippen LogP contribution in [-0.2, 0) is 16.0 Å². The number of nitrogens with zero attached hydrogens (tertiary/aromatic N) is 1. The Morgan fingerprint density at radius 1 is 1.20 bits per heavy atom. The van der Waals surface area contributed by atoms with E-state index in [1.807, 2.05) is 0 Å². The van der Waals surface area contributed by atoms with Crippen molar-refractivity contribution >= 4 is 12.1 Å². The molecule has 1 aliphatic heterocycles. The lowest BCUT2D eigenvalue weighted by Crippen LogP contribution is -2.42. The zero-order valence-electron chi connectivity index (χ0n) is 11.1. The van der Waals surface area contributed by atoms with Crippen molar-refractivity contribution < 1.29 is 24.2 Å². The summed E-state index contributed by atoms with van der Waals surface area (Å²) in [6, 6.07) is 6.89. The molecule has 0 atom stereocenters. The molecule has 6 nitrogen and oxygen atoms in total. The molecule has 0 aliphatic carbocycles. The van der Waals surface area contributed by atoms with Crippen LogP contribution in [0.1, 0.15) is 12.0 Å². The molecule has 0 unspecified atom stereocenters. The first-order valence-electron chi connectivity index (χ1n) is 6.50. The second kappa shape index (κ2) is 6.91. The van der Waals surface area contributed by atoms with Crippen LogP contribution in [0.4, 0.5) is 4.79 Å². The number of hydrogen-bond acceptors (Lipinski definition) is 4. The maximum atomic E-state index is 11.8. The number of rotatable bonds is 4. The molecule has 0 bridgehead atoms. The number of carboxylic acids is 1. The summed E-state index contributed by atoms with van der Waals surface area (Å²) in [5, 5.41) is 8.61. The van der Waals surface area contributed by atoms with Gasteiger partial charge in [0.1, 0.15) is 5.75 Å². The molecule has 0 spiro atoms. The fourth-order valence-corrected chi connectivity index (χ4v) is 1.89. The Balaban J connectivity index is 1.86. The Labute approximate surface area is 116 Å². The second-order valence-electron chi connectivity index (χ2n) is 4.51. The molecule has 108 valence electrons. The average molecular weight is 279 g/mol. The lowest BCUT2D eigenvalue weighted by Gasteiger charge is -2.25. The lowest BCUT2D eigenvalue weighted by atomic mass is 10.1. The molecular weight excluding hydrogens is 262 g/mol. The van der Waals surface area contributed by atoms with E-state index < -0.39 is 5.97 Å². The fraction of sp³-hybridized carbons (Fsp3) is 0.429. The van der Waals surface area contributed by atoms with Gasteiger partial charge in [-0.15, -0.1) is 0 Å². The number of amides is 1. The molecule has 1 N–H and O–H groups in total. The summed E-state index contributed by atoms with van der Waals surface area (Å²) < 4.78 is 10.4. The Bertz CT molecular complexity index is 465. The van der Waals surface area contributed by atoms with E-state index in [2.05, 4.69) is 0 Å². The van der Waals surface area contributed by atoms with Crippen LogP contribution in [0, 0.1) is 0 Å². The number of benzene rings is 1. The number of ether oxygens (including phenoxy) is 2. The summed E-state index contributed by atoms with van der Waals surface area (Å²) >= 11 is 0. The van der Waals surface area contributed by atoms with Crippen molar-refractivity contribution in [2.45, 2.75) is 12.8 Å². The summed E-state index contributed by atoms with van der Waals surface area (Å²) in [6.07, 6.45) is 0.173. The number of hydrogen-bond donors (Lipinski definition) is 1. The van der Waals surface area contributed by atoms with Crippen molar-refractivity contribution in [1.29, 1.82) is 0 Å². The maximum Gasteiger partial charge on any atom is 0.415 e. The van der Waals surface area contributed by atoms with Crippen LogP contribution in [0.25, 0.3) is 0 Å². The first kappa shape index (κ1) is 14.3. The molecule has 1 aromatic rings. The maximum absolute atomic E-state index is 11.8. The van der Waals surface area contributed by atoms with Crippen LogP contribution < -0.4 is 4.74 Å². The number of morpholine rings is 1. The minimum atomic E-state index is -0.826. The van der Waals surface area contributed by atoms with Gasteiger partial charge in [0.25, 0.3) is 0 Å². The van der Waals surface area contributed by atoms with Crippen molar-refractivity contribution in [3.63, 3.8) is 0 Å². The van der Waals surface area contributed by atoms with Crippen molar-refractivity contribution in [2.75, 3.05) is 26.3 Å². The van der Waals surface area contributed by atoms with Gasteiger partial charge in [-0.25, -0.2) is 4.79 Å². The van der Waals surface area contributed by atoms with E-state index in [0.29, 0.717) is 38.5 Å². The van der Waals surface area contributed by atoms with E-state index in [0.717, 1.165) is 5.56 Å². The Hall–Kier alpha value is -2.08. The SMILES string of the molecule is O=C(O)CCc1ccc(OC(=O)N2CCOCC2)cc1. The highest BCUT2D eigenvalue weighted by Gasteiger charge is 2.18. The molecule has 1 amide bonds. The van der Waals surface area contributed by atoms with E-state index in [4.69, 9.17) is 14.6 Å². The topological polar surface area (TPSA) is 76.1 Å². The van der Waals surface area contributed by atoms with E-state index in [1.165, 1.54) is 0 Å². The van der Waals surface area contributed by atoms with Gasteiger partial charge in [-0.3, -0.25) is 4.79 Å². The molecule has 20 heavy (non-hydrogen) atoms. The number of carboxylic acid groups (broad SMARTS) is 1. The standard InChI is InChI=1S/C14H17NO5/c16-13(17)6-3-11-1-4-12(5-2-11)20-14(18)15-7-9-19-10-8-15/h1-2,4-5H,3,6-10H2,(H,16,17). The van der Waals surface area contributed by atoms with Gasteiger partial charge < -0.3 is 19.5 Å². The number of carbonyl (C=O) groups excluding carboxylic acids is 1. The average Bonchev–Trinajstić information content (AvgIpc) is 2.47. The van der Waals surface area contributed by atoms with Gasteiger partial charge in [-0.1, -0.05) is 12.1 Å². The van der Waals surface area contributed by atoms with E-state index >= 15 is 0 Å². The molecule has 1 fully saturated rings. The zero-order chi connectivity index (χ0) is 14.4. The highest BCUT2D eigenvalue weighted by molar-refractivity contribution is 5.70. The van der Waals surface area contributed by atoms with Crippen LogP contribution in [0.15, 0.2) is 24.3 Å². The molecule has 1 aromatic carbocycles. The molecule has 0 radical (unpaired) electrons. The van der Waals surface area contributed by atoms with Crippen LogP contribution in [0.5, 0.6) is 5.75 Å². The molecule has 6 heteroatoms. The largest absolute Gasteiger partial charge is 0.481 e. The molecular formula is C14H17NO5. The minimum Gasteiger partial charge on any atom is -0.481 e. The summed E-state index contributed by atoms with van der Waals surface area (Å²) in [7, 11) is 0. The lowest BCUT2D eigenvalue weighted by molar-refractivity contribution is -0.136. The van der Waals surface area contributed by atoms with Gasteiger partial charge in [-0.05, 0) is 24.1 Å². The highest BCUT2D eigenvalue weighted by atomic mass is 16.6. The highest BCUT2D eigenvalue weighted by Crippen LogP contribution is 2.15. The van der Waals surface area contributed by atoms with Crippen LogP contribution in [0.2, 0.25) is 0 Å². The summed E-state index contributed by atoms with van der Waals surface area (Å²) in [6.45, 7) is 2.14. The Morgan fingerprint density at radius 2 is 1.85 bits per heavy atom.